The van der Waals surface area contributed by atoms with Crippen LogP contribution >= 0.6 is 27.7 Å². The molecule has 1 saturated carbocycles. The second kappa shape index (κ2) is 7.49. The van der Waals surface area contributed by atoms with Crippen LogP contribution in [-0.2, 0) is 15.4 Å². The maximum Gasteiger partial charge on any atom is 0.240 e. The lowest BCUT2D eigenvalue weighted by Crippen LogP contribution is -2.41. The maximum atomic E-state index is 12.4. The van der Waals surface area contributed by atoms with Gasteiger partial charge in [-0.15, -0.1) is 0 Å². The third-order valence-electron chi connectivity index (χ3n) is 4.17. The largest absolute Gasteiger partial charge is 0.240 e. The van der Waals surface area contributed by atoms with Gasteiger partial charge in [0.1, 0.15) is 0 Å². The standard InChI is InChI=1S/C15H22BrNO2S2/c1-20-15(9-3-2-4-10-15)12-17-21(18,19)14-7-5-13(11-16)6-8-14/h5-8,17H,2-4,9-12H2,1H3. The lowest BCUT2D eigenvalue weighted by atomic mass is 9.88. The van der Waals surface area contributed by atoms with Crippen LogP contribution in [0.4, 0.5) is 0 Å². The Morgan fingerprint density at radius 1 is 1.19 bits per heavy atom. The summed E-state index contributed by atoms with van der Waals surface area (Å²) in [6.07, 6.45) is 7.94. The molecule has 0 atom stereocenters. The smallest absolute Gasteiger partial charge is 0.210 e. The van der Waals surface area contributed by atoms with Gasteiger partial charge in [0.15, 0.2) is 0 Å². The lowest BCUT2D eigenvalue weighted by molar-refractivity contribution is 0.395. The maximum absolute atomic E-state index is 12.4. The Hall–Kier alpha value is -0.0400. The van der Waals surface area contributed by atoms with Crippen molar-refractivity contribution < 1.29 is 8.42 Å². The van der Waals surface area contributed by atoms with E-state index in [4.69, 9.17) is 0 Å². The van der Waals surface area contributed by atoms with E-state index in [1.54, 1.807) is 23.9 Å². The van der Waals surface area contributed by atoms with E-state index in [0.717, 1.165) is 23.7 Å². The Labute approximate surface area is 140 Å². The molecule has 0 amide bonds. The molecule has 0 unspecified atom stereocenters. The zero-order valence-electron chi connectivity index (χ0n) is 12.3. The van der Waals surface area contributed by atoms with Crippen LogP contribution in [0.5, 0.6) is 0 Å². The van der Waals surface area contributed by atoms with Gasteiger partial charge in [0.05, 0.1) is 4.90 Å². The summed E-state index contributed by atoms with van der Waals surface area (Å²) in [5, 5.41) is 0.732. The molecule has 1 N–H and O–H groups in total. The van der Waals surface area contributed by atoms with Gasteiger partial charge in [0.25, 0.3) is 0 Å². The first kappa shape index (κ1) is 17.3. The van der Waals surface area contributed by atoms with E-state index < -0.39 is 10.0 Å². The van der Waals surface area contributed by atoms with E-state index in [0.29, 0.717) is 11.4 Å². The highest BCUT2D eigenvalue weighted by atomic mass is 79.9. The fraction of sp³-hybridized carbons (Fsp3) is 0.600. The molecule has 3 nitrogen and oxygen atoms in total. The molecule has 0 bridgehead atoms. The van der Waals surface area contributed by atoms with Crippen molar-refractivity contribution in [2.75, 3.05) is 12.8 Å². The van der Waals surface area contributed by atoms with Gasteiger partial charge in [-0.3, -0.25) is 0 Å². The van der Waals surface area contributed by atoms with Crippen molar-refractivity contribution >= 4 is 37.7 Å². The van der Waals surface area contributed by atoms with Gasteiger partial charge in [-0.1, -0.05) is 47.3 Å². The first-order valence-electron chi connectivity index (χ1n) is 7.21. The van der Waals surface area contributed by atoms with Crippen LogP contribution in [0, 0.1) is 0 Å². The first-order valence-corrected chi connectivity index (χ1v) is 11.0. The molecule has 6 heteroatoms. The summed E-state index contributed by atoms with van der Waals surface area (Å²) in [7, 11) is -3.41. The van der Waals surface area contributed by atoms with Gasteiger partial charge < -0.3 is 0 Å². The number of benzene rings is 1. The van der Waals surface area contributed by atoms with E-state index in [-0.39, 0.29) is 4.75 Å². The molecule has 1 aliphatic rings. The molecule has 1 aromatic rings. The Morgan fingerprint density at radius 3 is 2.33 bits per heavy atom. The Kier molecular flexibility index (Phi) is 6.17. The van der Waals surface area contributed by atoms with Crippen LogP contribution in [0.25, 0.3) is 0 Å². The van der Waals surface area contributed by atoms with Crippen LogP contribution < -0.4 is 4.72 Å². The van der Waals surface area contributed by atoms with E-state index in [1.807, 2.05) is 12.1 Å². The second-order valence-electron chi connectivity index (χ2n) is 5.55. The molecule has 0 spiro atoms. The molecular weight excluding hydrogens is 370 g/mol. The van der Waals surface area contributed by atoms with Gasteiger partial charge in [-0.05, 0) is 36.8 Å². The molecule has 0 aliphatic heterocycles. The zero-order valence-corrected chi connectivity index (χ0v) is 15.5. The lowest BCUT2D eigenvalue weighted by Gasteiger charge is -2.35. The molecular formula is C15H22BrNO2S2. The monoisotopic (exact) mass is 391 g/mol. The Bertz CT molecular complexity index is 552. The topological polar surface area (TPSA) is 46.2 Å². The highest BCUT2D eigenvalue weighted by molar-refractivity contribution is 9.08. The number of hydrogen-bond acceptors (Lipinski definition) is 3. The van der Waals surface area contributed by atoms with Crippen LogP contribution in [0.1, 0.15) is 37.7 Å². The summed E-state index contributed by atoms with van der Waals surface area (Å²) in [4.78, 5) is 0.347. The van der Waals surface area contributed by atoms with Crippen LogP contribution in [0.15, 0.2) is 29.2 Å². The second-order valence-corrected chi connectivity index (χ2v) is 9.15. The average Bonchev–Trinajstić information content (AvgIpc) is 2.54. The summed E-state index contributed by atoms with van der Waals surface area (Å²) < 4.78 is 27.7. The predicted molar refractivity (Wildman–Crippen MR) is 93.6 cm³/mol. The molecule has 0 heterocycles. The molecule has 21 heavy (non-hydrogen) atoms. The van der Waals surface area contributed by atoms with Crippen LogP contribution in [0.2, 0.25) is 0 Å². The van der Waals surface area contributed by atoms with Crippen molar-refractivity contribution in [2.45, 2.75) is 47.1 Å². The Morgan fingerprint density at radius 2 is 1.81 bits per heavy atom. The minimum Gasteiger partial charge on any atom is -0.210 e. The van der Waals surface area contributed by atoms with Crippen molar-refractivity contribution in [2.24, 2.45) is 0 Å². The van der Waals surface area contributed by atoms with Crippen LogP contribution in [-0.4, -0.2) is 26.0 Å². The number of halogens is 1. The van der Waals surface area contributed by atoms with E-state index in [2.05, 4.69) is 26.9 Å². The highest BCUT2D eigenvalue weighted by Crippen LogP contribution is 2.38. The molecule has 1 aromatic carbocycles. The highest BCUT2D eigenvalue weighted by Gasteiger charge is 2.32. The summed E-state index contributed by atoms with van der Waals surface area (Å²) in [5.41, 5.74) is 1.07. The quantitative estimate of drug-likeness (QED) is 0.747. The number of hydrogen-bond donors (Lipinski definition) is 1. The molecule has 2 rings (SSSR count). The van der Waals surface area contributed by atoms with Gasteiger partial charge in [0, 0.05) is 16.6 Å². The first-order chi connectivity index (χ1) is 10.0. The van der Waals surface area contributed by atoms with Crippen molar-refractivity contribution in [1.82, 2.24) is 4.72 Å². The molecule has 1 fully saturated rings. The number of sulfonamides is 1. The van der Waals surface area contributed by atoms with E-state index in [9.17, 15) is 8.42 Å². The minimum absolute atomic E-state index is 0.0706. The van der Waals surface area contributed by atoms with Gasteiger partial charge in [-0.2, -0.15) is 11.8 Å². The summed E-state index contributed by atoms with van der Waals surface area (Å²) in [6.45, 7) is 0.524. The zero-order chi connectivity index (χ0) is 15.3. The number of rotatable bonds is 6. The fourth-order valence-electron chi connectivity index (χ4n) is 2.72. The van der Waals surface area contributed by atoms with Gasteiger partial charge in [0.2, 0.25) is 10.0 Å². The number of alkyl halides is 1. The third-order valence-corrected chi connectivity index (χ3v) is 7.65. The molecule has 1 aliphatic carbocycles. The number of thioether (sulfide) groups is 1. The molecule has 0 aromatic heterocycles. The van der Waals surface area contributed by atoms with Crippen molar-refractivity contribution in [3.8, 4) is 0 Å². The molecule has 0 radical (unpaired) electrons. The predicted octanol–water partition coefficient (Wildman–Crippen LogP) is 3.93. The van der Waals surface area contributed by atoms with E-state index >= 15 is 0 Å². The summed E-state index contributed by atoms with van der Waals surface area (Å²) in [6, 6.07) is 7.03. The number of nitrogens with one attached hydrogen (secondary N) is 1. The molecule has 118 valence electrons. The molecule has 0 saturated heterocycles. The van der Waals surface area contributed by atoms with Crippen LogP contribution in [0.3, 0.4) is 0 Å². The summed E-state index contributed by atoms with van der Waals surface area (Å²) >= 11 is 5.17. The minimum atomic E-state index is -3.41. The van der Waals surface area contributed by atoms with Gasteiger partial charge in [-0.25, -0.2) is 13.1 Å². The fourth-order valence-corrected chi connectivity index (χ4v) is 5.22. The van der Waals surface area contributed by atoms with Crippen molar-refractivity contribution in [1.29, 1.82) is 0 Å². The SMILES string of the molecule is CSC1(CNS(=O)(=O)c2ccc(CBr)cc2)CCCCC1. The van der Waals surface area contributed by atoms with Crippen molar-refractivity contribution in [3.63, 3.8) is 0 Å². The average molecular weight is 392 g/mol. The Balaban J connectivity index is 2.06. The summed E-state index contributed by atoms with van der Waals surface area (Å²) in [5.74, 6) is 0. The normalized spacial score (nSPS) is 18.6. The van der Waals surface area contributed by atoms with Crippen molar-refractivity contribution in [3.05, 3.63) is 29.8 Å². The third kappa shape index (κ3) is 4.47. The van der Waals surface area contributed by atoms with E-state index in [1.165, 1.54) is 19.3 Å². The van der Waals surface area contributed by atoms with Gasteiger partial charge >= 0.3 is 0 Å².